The molecule has 0 amide bonds. The van der Waals surface area contributed by atoms with Gasteiger partial charge < -0.3 is 9.47 Å². The highest BCUT2D eigenvalue weighted by molar-refractivity contribution is 6.31. The first kappa shape index (κ1) is 12.7. The molecule has 1 aliphatic rings. The molecule has 4 nitrogen and oxygen atoms in total. The number of carbonyl (C=O) groups is 1. The van der Waals surface area contributed by atoms with E-state index in [1.807, 2.05) is 6.07 Å². The van der Waals surface area contributed by atoms with Crippen LogP contribution in [-0.2, 0) is 9.53 Å². The molecular formula is C13H12ClNO3. The number of methoxy groups -OCH3 is 1. The van der Waals surface area contributed by atoms with Gasteiger partial charge in [0.25, 0.3) is 0 Å². The molecule has 1 aromatic carbocycles. The lowest BCUT2D eigenvalue weighted by Crippen LogP contribution is -2.30. The molecule has 1 aliphatic carbocycles. The van der Waals surface area contributed by atoms with Gasteiger partial charge in [0, 0.05) is 5.92 Å². The second kappa shape index (κ2) is 5.28. The van der Waals surface area contributed by atoms with Crippen molar-refractivity contribution in [1.29, 1.82) is 5.26 Å². The first-order chi connectivity index (χ1) is 8.67. The highest BCUT2D eigenvalue weighted by Gasteiger charge is 2.39. The number of carbonyl (C=O) groups excluding carboxylic acids is 1. The van der Waals surface area contributed by atoms with E-state index >= 15 is 0 Å². The lowest BCUT2D eigenvalue weighted by Gasteiger charge is -2.17. The van der Waals surface area contributed by atoms with Crippen LogP contribution in [0, 0.1) is 17.2 Å². The smallest absolute Gasteiger partial charge is 0.347 e. The van der Waals surface area contributed by atoms with Gasteiger partial charge in [-0.05, 0) is 25.0 Å². The van der Waals surface area contributed by atoms with Crippen LogP contribution in [0.15, 0.2) is 18.2 Å². The van der Waals surface area contributed by atoms with Crippen molar-refractivity contribution >= 4 is 17.6 Å². The van der Waals surface area contributed by atoms with Gasteiger partial charge in [-0.3, -0.25) is 0 Å². The summed E-state index contributed by atoms with van der Waals surface area (Å²) in [6, 6.07) is 6.89. The average Bonchev–Trinajstić information content (AvgIpc) is 3.19. The molecule has 0 spiro atoms. The summed E-state index contributed by atoms with van der Waals surface area (Å²) in [6.07, 6.45) is 1.21. The Labute approximate surface area is 110 Å². The second-order valence-corrected chi connectivity index (χ2v) is 4.53. The van der Waals surface area contributed by atoms with Crippen LogP contribution in [0.1, 0.15) is 18.4 Å². The number of rotatable bonds is 4. The number of esters is 1. The zero-order valence-electron chi connectivity index (χ0n) is 9.85. The minimum absolute atomic E-state index is 0.169. The molecule has 0 saturated heterocycles. The van der Waals surface area contributed by atoms with Crippen molar-refractivity contribution in [2.45, 2.75) is 18.9 Å². The zero-order chi connectivity index (χ0) is 13.1. The molecule has 0 radical (unpaired) electrons. The number of nitrogens with zero attached hydrogens (tertiary/aromatic N) is 1. The summed E-state index contributed by atoms with van der Waals surface area (Å²) >= 11 is 5.90. The largest absolute Gasteiger partial charge is 0.477 e. The number of ether oxygens (including phenoxy) is 2. The van der Waals surface area contributed by atoms with Gasteiger partial charge in [0.2, 0.25) is 0 Å². The summed E-state index contributed by atoms with van der Waals surface area (Å²) in [5.41, 5.74) is 0.244. The molecule has 0 bridgehead atoms. The molecule has 1 unspecified atom stereocenters. The maximum absolute atomic E-state index is 11.6. The summed E-state index contributed by atoms with van der Waals surface area (Å²) in [5, 5.41) is 9.35. The van der Waals surface area contributed by atoms with E-state index in [2.05, 4.69) is 0 Å². The number of hydrogen-bond acceptors (Lipinski definition) is 4. The first-order valence-electron chi connectivity index (χ1n) is 5.60. The predicted octanol–water partition coefficient (Wildman–Crippen LogP) is 2.54. The van der Waals surface area contributed by atoms with Crippen LogP contribution >= 0.6 is 11.6 Å². The van der Waals surface area contributed by atoms with Crippen LogP contribution in [0.25, 0.3) is 0 Å². The quantitative estimate of drug-likeness (QED) is 0.785. The molecule has 0 N–H and O–H groups in total. The van der Waals surface area contributed by atoms with Gasteiger partial charge >= 0.3 is 5.97 Å². The molecule has 1 aromatic rings. The number of hydrogen-bond donors (Lipinski definition) is 0. The Balaban J connectivity index is 2.24. The van der Waals surface area contributed by atoms with Crippen molar-refractivity contribution in [2.24, 2.45) is 5.92 Å². The van der Waals surface area contributed by atoms with Crippen LogP contribution in [0.2, 0.25) is 5.02 Å². The van der Waals surface area contributed by atoms with E-state index < -0.39 is 12.1 Å². The Morgan fingerprint density at radius 3 is 2.83 bits per heavy atom. The van der Waals surface area contributed by atoms with Crippen molar-refractivity contribution in [3.05, 3.63) is 28.8 Å². The zero-order valence-corrected chi connectivity index (χ0v) is 10.6. The summed E-state index contributed by atoms with van der Waals surface area (Å²) < 4.78 is 10.3. The summed E-state index contributed by atoms with van der Waals surface area (Å²) in [4.78, 5) is 11.6. The van der Waals surface area contributed by atoms with Crippen LogP contribution in [0.3, 0.4) is 0 Å². The van der Waals surface area contributed by atoms with Crippen LogP contribution in [-0.4, -0.2) is 19.2 Å². The number of benzene rings is 1. The monoisotopic (exact) mass is 265 g/mol. The van der Waals surface area contributed by atoms with Gasteiger partial charge in [0.1, 0.15) is 17.4 Å². The summed E-state index contributed by atoms with van der Waals surface area (Å²) in [7, 11) is 1.32. The van der Waals surface area contributed by atoms with Crippen molar-refractivity contribution in [3.63, 3.8) is 0 Å². The van der Waals surface area contributed by atoms with Crippen LogP contribution < -0.4 is 4.74 Å². The SMILES string of the molecule is COC(=O)C(Oc1cccc(Cl)c1C#N)C1CC1. The average molecular weight is 266 g/mol. The Bertz CT molecular complexity index is 505. The van der Waals surface area contributed by atoms with Crippen molar-refractivity contribution in [3.8, 4) is 11.8 Å². The maximum atomic E-state index is 11.6. The Morgan fingerprint density at radius 1 is 1.56 bits per heavy atom. The first-order valence-corrected chi connectivity index (χ1v) is 5.98. The third kappa shape index (κ3) is 2.57. The third-order valence-corrected chi connectivity index (χ3v) is 3.14. The van der Waals surface area contributed by atoms with Gasteiger partial charge in [-0.2, -0.15) is 5.26 Å². The predicted molar refractivity (Wildman–Crippen MR) is 65.3 cm³/mol. The van der Waals surface area contributed by atoms with Gasteiger partial charge in [0.15, 0.2) is 6.10 Å². The highest BCUT2D eigenvalue weighted by Crippen LogP contribution is 2.37. The van der Waals surface area contributed by atoms with E-state index in [1.165, 1.54) is 7.11 Å². The molecule has 1 saturated carbocycles. The number of nitriles is 1. The van der Waals surface area contributed by atoms with E-state index in [-0.39, 0.29) is 11.5 Å². The van der Waals surface area contributed by atoms with E-state index in [4.69, 9.17) is 26.3 Å². The second-order valence-electron chi connectivity index (χ2n) is 4.12. The normalized spacial score (nSPS) is 15.6. The summed E-state index contributed by atoms with van der Waals surface area (Å²) in [6.45, 7) is 0. The summed E-state index contributed by atoms with van der Waals surface area (Å²) in [5.74, 6) is 0.0802. The fraction of sp³-hybridized carbons (Fsp3) is 0.385. The molecule has 0 aliphatic heterocycles. The molecule has 1 fully saturated rings. The van der Waals surface area contributed by atoms with E-state index in [1.54, 1.807) is 18.2 Å². The molecule has 2 rings (SSSR count). The lowest BCUT2D eigenvalue weighted by molar-refractivity contribution is -0.149. The molecule has 94 valence electrons. The maximum Gasteiger partial charge on any atom is 0.347 e. The molecule has 1 atom stereocenters. The fourth-order valence-electron chi connectivity index (χ4n) is 1.70. The van der Waals surface area contributed by atoms with Crippen molar-refractivity contribution in [1.82, 2.24) is 0 Å². The van der Waals surface area contributed by atoms with Crippen molar-refractivity contribution < 1.29 is 14.3 Å². The standard InChI is InChI=1S/C13H12ClNO3/c1-17-13(16)12(8-5-6-8)18-11-4-2-3-10(14)9(11)7-15/h2-4,8,12H,5-6H2,1H3. The lowest BCUT2D eigenvalue weighted by atomic mass is 10.2. The topological polar surface area (TPSA) is 59.3 Å². The molecule has 18 heavy (non-hydrogen) atoms. The number of halogens is 1. The Morgan fingerprint density at radius 2 is 2.28 bits per heavy atom. The van der Waals surface area contributed by atoms with Crippen LogP contribution in [0.5, 0.6) is 5.75 Å². The van der Waals surface area contributed by atoms with Gasteiger partial charge in [0.05, 0.1) is 12.1 Å². The Hall–Kier alpha value is -1.73. The minimum Gasteiger partial charge on any atom is -0.477 e. The molecule has 5 heteroatoms. The van der Waals surface area contributed by atoms with E-state index in [9.17, 15) is 4.79 Å². The molecular weight excluding hydrogens is 254 g/mol. The van der Waals surface area contributed by atoms with Crippen LogP contribution in [0.4, 0.5) is 0 Å². The van der Waals surface area contributed by atoms with E-state index in [0.717, 1.165) is 12.8 Å². The fourth-order valence-corrected chi connectivity index (χ4v) is 1.91. The van der Waals surface area contributed by atoms with Gasteiger partial charge in [-0.1, -0.05) is 17.7 Å². The van der Waals surface area contributed by atoms with E-state index in [0.29, 0.717) is 10.8 Å². The minimum atomic E-state index is -0.652. The Kier molecular flexibility index (Phi) is 3.73. The van der Waals surface area contributed by atoms with Gasteiger partial charge in [-0.15, -0.1) is 0 Å². The van der Waals surface area contributed by atoms with Crippen molar-refractivity contribution in [2.75, 3.05) is 7.11 Å². The highest BCUT2D eigenvalue weighted by atomic mass is 35.5. The molecule has 0 aromatic heterocycles. The third-order valence-electron chi connectivity index (χ3n) is 2.82. The van der Waals surface area contributed by atoms with Gasteiger partial charge in [-0.25, -0.2) is 4.79 Å². The molecule has 0 heterocycles.